The van der Waals surface area contributed by atoms with Crippen molar-refractivity contribution in [2.45, 2.75) is 101 Å². The summed E-state index contributed by atoms with van der Waals surface area (Å²) in [4.78, 5) is 77.5. The number of piperidine rings is 1. The first kappa shape index (κ1) is 55.9. The number of alkyl halides is 12. The highest BCUT2D eigenvalue weighted by atomic mass is 19.4. The third-order valence-corrected chi connectivity index (χ3v) is 7.03. The highest BCUT2D eigenvalue weighted by molar-refractivity contribution is 5.94. The number of halogens is 12. The van der Waals surface area contributed by atoms with Crippen LogP contribution in [0.4, 0.5) is 52.7 Å². The molecule has 1 aliphatic heterocycles. The van der Waals surface area contributed by atoms with Crippen molar-refractivity contribution in [1.29, 1.82) is 0 Å². The first-order valence-electron chi connectivity index (χ1n) is 16.7. The van der Waals surface area contributed by atoms with Crippen LogP contribution in [-0.2, 0) is 44.7 Å². The van der Waals surface area contributed by atoms with Gasteiger partial charge in [-0.05, 0) is 50.8 Å². The molecule has 0 aromatic heterocycles. The monoisotopic (exact) mass is 884 g/mol. The molecule has 1 heterocycles. The van der Waals surface area contributed by atoms with Crippen molar-refractivity contribution in [3.05, 3.63) is 35.9 Å². The van der Waals surface area contributed by atoms with Crippen molar-refractivity contribution in [3.63, 3.8) is 0 Å². The van der Waals surface area contributed by atoms with E-state index in [-0.39, 0.29) is 12.8 Å². The quantitative estimate of drug-likeness (QED) is 0.0841. The van der Waals surface area contributed by atoms with E-state index >= 15 is 0 Å². The lowest BCUT2D eigenvalue weighted by Gasteiger charge is -2.25. The zero-order valence-electron chi connectivity index (χ0n) is 30.5. The number of carbonyl (C=O) groups excluding carboxylic acids is 4. The molecule has 27 heteroatoms. The summed E-state index contributed by atoms with van der Waals surface area (Å²) in [5.41, 5.74) is 6.68. The molecule has 1 aliphatic rings. The Balaban J connectivity index is 0. The van der Waals surface area contributed by atoms with E-state index < -0.39 is 103 Å². The molecule has 1 unspecified atom stereocenters. The molecule has 1 aromatic rings. The van der Waals surface area contributed by atoms with Crippen LogP contribution in [0.5, 0.6) is 0 Å². The highest BCUT2D eigenvalue weighted by Gasteiger charge is 2.40. The number of esters is 2. The van der Waals surface area contributed by atoms with Gasteiger partial charge in [-0.1, -0.05) is 50.1 Å². The van der Waals surface area contributed by atoms with Crippen LogP contribution < -0.4 is 21.7 Å². The second kappa shape index (κ2) is 26.0. The third-order valence-electron chi connectivity index (χ3n) is 7.03. The molecule has 1 fully saturated rings. The predicted octanol–water partition coefficient (Wildman–Crippen LogP) is 4.03. The first-order chi connectivity index (χ1) is 26.8. The molecule has 1 saturated heterocycles. The lowest BCUT2D eigenvalue weighted by atomic mass is 9.98. The Kier molecular flexibility index (Phi) is 24.6. The fourth-order valence-electron chi connectivity index (χ4n) is 4.06. The van der Waals surface area contributed by atoms with E-state index in [1.54, 1.807) is 30.3 Å². The average Bonchev–Trinajstić information content (AvgIpc) is 3.11. The van der Waals surface area contributed by atoms with Crippen molar-refractivity contribution >= 4 is 41.7 Å². The molecule has 2 rings (SSSR count). The fraction of sp³-hybridized carbons (Fsp3) is 0.594. The van der Waals surface area contributed by atoms with Gasteiger partial charge < -0.3 is 41.7 Å². The number of nitrogens with two attached hydrogens (primary N) is 1. The highest BCUT2D eigenvalue weighted by Crippen LogP contribution is 2.23. The van der Waals surface area contributed by atoms with Crippen LogP contribution in [0.2, 0.25) is 0 Å². The average molecular weight is 885 g/mol. The number of hydrogen-bond donors (Lipinski definition) is 7. The molecular weight excluding hydrogens is 844 g/mol. The molecule has 0 bridgehead atoms. The number of ether oxygens (including phenoxy) is 1. The van der Waals surface area contributed by atoms with Gasteiger partial charge in [0.2, 0.25) is 11.8 Å². The topological polar surface area (TPSA) is 252 Å². The van der Waals surface area contributed by atoms with E-state index in [0.717, 1.165) is 5.56 Å². The van der Waals surface area contributed by atoms with E-state index in [1.165, 1.54) is 0 Å². The van der Waals surface area contributed by atoms with Crippen LogP contribution >= 0.6 is 0 Å². The van der Waals surface area contributed by atoms with Crippen LogP contribution in [0.3, 0.4) is 0 Å². The normalized spacial score (nSPS) is 14.7. The van der Waals surface area contributed by atoms with Gasteiger partial charge >= 0.3 is 54.6 Å². The maximum absolute atomic E-state index is 13.0. The van der Waals surface area contributed by atoms with E-state index in [0.29, 0.717) is 38.8 Å². The number of carbonyl (C=O) groups is 7. The molecule has 15 nitrogen and oxygen atoms in total. The van der Waals surface area contributed by atoms with Crippen molar-refractivity contribution in [2.24, 2.45) is 11.7 Å². The Hall–Kier alpha value is -5.21. The fourth-order valence-corrected chi connectivity index (χ4v) is 4.06. The second-order valence-electron chi connectivity index (χ2n) is 11.9. The number of carboxylic acid groups (broad SMARTS) is 3. The molecule has 2 amide bonds. The minimum atomic E-state index is -5.08. The summed E-state index contributed by atoms with van der Waals surface area (Å²) < 4.78 is 139. The van der Waals surface area contributed by atoms with Crippen molar-refractivity contribution in [3.8, 4) is 0 Å². The molecular formula is C32H40F12N4O11. The Morgan fingerprint density at radius 3 is 1.54 bits per heavy atom. The lowest BCUT2D eigenvalue weighted by Crippen LogP contribution is -2.55. The summed E-state index contributed by atoms with van der Waals surface area (Å²) in [6.45, 7) is 3.07. The number of rotatable bonds is 13. The van der Waals surface area contributed by atoms with Gasteiger partial charge in [0.05, 0.1) is 12.0 Å². The van der Waals surface area contributed by atoms with Crippen molar-refractivity contribution < 1.29 is 106 Å². The Morgan fingerprint density at radius 2 is 1.15 bits per heavy atom. The van der Waals surface area contributed by atoms with Gasteiger partial charge in [-0.2, -0.15) is 52.7 Å². The van der Waals surface area contributed by atoms with Gasteiger partial charge in [-0.3, -0.25) is 14.4 Å². The van der Waals surface area contributed by atoms with Crippen molar-refractivity contribution in [1.82, 2.24) is 16.0 Å². The summed E-state index contributed by atoms with van der Waals surface area (Å²) >= 11 is 0. The summed E-state index contributed by atoms with van der Waals surface area (Å²) in [6.07, 6.45) is -19.5. The zero-order chi connectivity index (χ0) is 46.4. The van der Waals surface area contributed by atoms with E-state index in [9.17, 15) is 71.9 Å². The Bertz CT molecular complexity index is 1440. The zero-order valence-corrected chi connectivity index (χ0v) is 30.5. The van der Waals surface area contributed by atoms with E-state index in [4.69, 9.17) is 40.2 Å². The number of benzene rings is 1. The molecule has 3 atom stereocenters. The van der Waals surface area contributed by atoms with Gasteiger partial charge in [0, 0.05) is 6.42 Å². The number of aliphatic carboxylic acids is 3. The Morgan fingerprint density at radius 1 is 0.729 bits per heavy atom. The van der Waals surface area contributed by atoms with Crippen molar-refractivity contribution in [2.75, 3.05) is 13.1 Å². The number of unbranched alkanes of at least 4 members (excludes halogenated alkanes) is 1. The van der Waals surface area contributed by atoms with Gasteiger partial charge in [0.15, 0.2) is 0 Å². The number of carboxylic acids is 3. The van der Waals surface area contributed by atoms with Gasteiger partial charge in [-0.25, -0.2) is 19.2 Å². The standard InChI is InChI=1S/C26H37F3N4O5.3C2HF3O2/c1-2-3-9-21(25(37)38-24(36)18-11-14-31-15-12-18)33-23(35)20(10-13-26(27,28)29)32-22(34)19(30)16-17-7-5-4-6-8-17;3*3-2(4,5)1(6)7/h4-8,18-21,31H,2-3,9-16,30H2,1H3,(H,32,34)(H,33,35);3*(H,6,7)/t19-,20-,21?;;;/m1.../s1. The van der Waals surface area contributed by atoms with E-state index in [1.807, 2.05) is 6.92 Å². The number of hydrogen-bond acceptors (Lipinski definition) is 10. The minimum absolute atomic E-state index is 0.116. The maximum Gasteiger partial charge on any atom is 0.490 e. The summed E-state index contributed by atoms with van der Waals surface area (Å²) in [7, 11) is 0. The minimum Gasteiger partial charge on any atom is -0.475 e. The smallest absolute Gasteiger partial charge is 0.475 e. The molecule has 0 aliphatic carbocycles. The van der Waals surface area contributed by atoms with Crippen LogP contribution in [-0.4, -0.2) is 113 Å². The molecule has 1 aromatic carbocycles. The van der Waals surface area contributed by atoms with Gasteiger partial charge in [0.1, 0.15) is 12.1 Å². The maximum atomic E-state index is 13.0. The molecule has 338 valence electrons. The van der Waals surface area contributed by atoms with Crippen LogP contribution in [0, 0.1) is 5.92 Å². The summed E-state index contributed by atoms with van der Waals surface area (Å²) in [5, 5.41) is 29.2. The largest absolute Gasteiger partial charge is 0.490 e. The predicted molar refractivity (Wildman–Crippen MR) is 175 cm³/mol. The Labute approximate surface area is 326 Å². The molecule has 59 heavy (non-hydrogen) atoms. The van der Waals surface area contributed by atoms with E-state index in [2.05, 4.69) is 16.0 Å². The van der Waals surface area contributed by atoms with Gasteiger partial charge in [0.25, 0.3) is 0 Å². The lowest BCUT2D eigenvalue weighted by molar-refractivity contribution is -0.193. The van der Waals surface area contributed by atoms with Crippen LogP contribution in [0.1, 0.15) is 57.4 Å². The third kappa shape index (κ3) is 27.2. The SMILES string of the molecule is CCCCC(NC(=O)[C@@H](CCC(F)(F)F)NC(=O)[C@H](N)Cc1ccccc1)C(=O)OC(=O)C1CCNCC1.O=C(O)C(F)(F)F.O=C(O)C(F)(F)F.O=C(O)C(F)(F)F. The van der Waals surface area contributed by atoms with Crippen LogP contribution in [0.15, 0.2) is 30.3 Å². The summed E-state index contributed by atoms with van der Waals surface area (Å²) in [6, 6.07) is 4.83. The van der Waals surface area contributed by atoms with Gasteiger partial charge in [-0.15, -0.1) is 0 Å². The molecule has 0 spiro atoms. The number of nitrogens with one attached hydrogen (secondary N) is 3. The molecule has 0 saturated carbocycles. The van der Waals surface area contributed by atoms with Crippen LogP contribution in [0.25, 0.3) is 0 Å². The first-order valence-corrected chi connectivity index (χ1v) is 16.7. The summed E-state index contributed by atoms with van der Waals surface area (Å²) in [5.74, 6) is -12.2. The second-order valence-corrected chi connectivity index (χ2v) is 11.9. The number of amides is 2. The molecule has 0 radical (unpaired) electrons. The molecule has 8 N–H and O–H groups in total.